The summed E-state index contributed by atoms with van der Waals surface area (Å²) in [4.78, 5) is 0. The number of phenolic OH excluding ortho intramolecular Hbond substituents is 1. The first-order valence-electron chi connectivity index (χ1n) is 6.35. The first-order valence-corrected chi connectivity index (χ1v) is 7.14. The zero-order valence-electron chi connectivity index (χ0n) is 11.0. The normalized spacial score (nSPS) is 14.3. The number of hydrogen-bond donors (Lipinski definition) is 3. The van der Waals surface area contributed by atoms with Crippen molar-refractivity contribution in [2.75, 3.05) is 0 Å². The van der Waals surface area contributed by atoms with Gasteiger partial charge < -0.3 is 10.4 Å². The van der Waals surface area contributed by atoms with Gasteiger partial charge in [0.05, 0.1) is 6.20 Å². The maximum Gasteiger partial charge on any atom is 0.120 e. The summed E-state index contributed by atoms with van der Waals surface area (Å²) in [6.07, 6.45) is 4.59. The number of hydrogen-bond acceptors (Lipinski definition) is 3. The molecule has 0 aliphatic carbocycles. The maximum atomic E-state index is 10.0. The summed E-state index contributed by atoms with van der Waals surface area (Å²) in [5.74, 6) is 0.321. The lowest BCUT2D eigenvalue weighted by atomic mass is 10.0. The number of halogens is 1. The molecule has 1 aromatic carbocycles. The van der Waals surface area contributed by atoms with E-state index in [1.807, 2.05) is 24.5 Å². The zero-order valence-corrected chi connectivity index (χ0v) is 12.6. The summed E-state index contributed by atoms with van der Waals surface area (Å²) < 4.78 is 0.969. The van der Waals surface area contributed by atoms with Gasteiger partial charge in [-0.3, -0.25) is 5.10 Å². The Bertz CT molecular complexity index is 527. The Labute approximate surface area is 121 Å². The smallest absolute Gasteiger partial charge is 0.120 e. The average molecular weight is 324 g/mol. The average Bonchev–Trinajstić information content (AvgIpc) is 2.93. The van der Waals surface area contributed by atoms with E-state index in [2.05, 4.69) is 45.3 Å². The largest absolute Gasteiger partial charge is 0.508 e. The molecule has 5 heteroatoms. The number of aromatic nitrogens is 2. The van der Waals surface area contributed by atoms with Crippen LogP contribution in [0.15, 0.2) is 35.1 Å². The fourth-order valence-corrected chi connectivity index (χ4v) is 2.51. The lowest BCUT2D eigenvalue weighted by molar-refractivity contribution is 0.419. The second kappa shape index (κ2) is 6.21. The molecular weight excluding hydrogens is 306 g/mol. The molecule has 0 radical (unpaired) electrons. The molecule has 0 aliphatic rings. The molecule has 102 valence electrons. The minimum atomic E-state index is 0.0994. The van der Waals surface area contributed by atoms with Crippen molar-refractivity contribution < 1.29 is 5.11 Å². The fourth-order valence-electron chi connectivity index (χ4n) is 2.13. The topological polar surface area (TPSA) is 60.9 Å². The predicted molar refractivity (Wildman–Crippen MR) is 79.0 cm³/mol. The van der Waals surface area contributed by atoms with E-state index in [9.17, 15) is 5.11 Å². The van der Waals surface area contributed by atoms with E-state index in [0.717, 1.165) is 22.0 Å². The molecule has 2 unspecified atom stereocenters. The van der Waals surface area contributed by atoms with Gasteiger partial charge in [0.1, 0.15) is 5.75 Å². The summed E-state index contributed by atoms with van der Waals surface area (Å²) in [5, 5.41) is 20.3. The molecule has 1 aromatic heterocycles. The Hall–Kier alpha value is -1.33. The van der Waals surface area contributed by atoms with Crippen molar-refractivity contribution in [1.29, 1.82) is 0 Å². The van der Waals surface area contributed by atoms with E-state index >= 15 is 0 Å². The standard InChI is InChI=1S/C14H18BrN3O/c1-3-13(12-6-11(15)4-5-14(12)19)18-9(2)10-7-16-17-8-10/h4-9,13,18-19H,3H2,1-2H3,(H,16,17). The van der Waals surface area contributed by atoms with Crippen LogP contribution in [0.4, 0.5) is 0 Å². The summed E-state index contributed by atoms with van der Waals surface area (Å²) in [7, 11) is 0. The van der Waals surface area contributed by atoms with Gasteiger partial charge in [0.15, 0.2) is 0 Å². The van der Waals surface area contributed by atoms with Crippen LogP contribution in [0.1, 0.15) is 43.5 Å². The van der Waals surface area contributed by atoms with Crippen molar-refractivity contribution in [3.63, 3.8) is 0 Å². The molecule has 0 amide bonds. The molecule has 0 aliphatic heterocycles. The van der Waals surface area contributed by atoms with Crippen molar-refractivity contribution in [3.8, 4) is 5.75 Å². The van der Waals surface area contributed by atoms with E-state index in [-0.39, 0.29) is 12.1 Å². The number of H-pyrrole nitrogens is 1. The van der Waals surface area contributed by atoms with Crippen LogP contribution >= 0.6 is 15.9 Å². The quantitative estimate of drug-likeness (QED) is 0.786. The highest BCUT2D eigenvalue weighted by atomic mass is 79.9. The van der Waals surface area contributed by atoms with Crippen molar-refractivity contribution in [2.24, 2.45) is 0 Å². The molecule has 0 bridgehead atoms. The second-order valence-electron chi connectivity index (χ2n) is 4.58. The van der Waals surface area contributed by atoms with Gasteiger partial charge in [-0.15, -0.1) is 0 Å². The summed E-state index contributed by atoms with van der Waals surface area (Å²) >= 11 is 3.44. The van der Waals surface area contributed by atoms with Gasteiger partial charge in [-0.2, -0.15) is 5.10 Å². The molecule has 2 rings (SSSR count). The SMILES string of the molecule is CCC(NC(C)c1cn[nH]c1)c1cc(Br)ccc1O. The summed E-state index contributed by atoms with van der Waals surface area (Å²) in [5.41, 5.74) is 2.01. The monoisotopic (exact) mass is 323 g/mol. The molecule has 4 nitrogen and oxygen atoms in total. The second-order valence-corrected chi connectivity index (χ2v) is 5.50. The van der Waals surface area contributed by atoms with Crippen LogP contribution in [0, 0.1) is 0 Å². The molecular formula is C14H18BrN3O. The van der Waals surface area contributed by atoms with Crippen LogP contribution in [0.3, 0.4) is 0 Å². The van der Waals surface area contributed by atoms with Crippen LogP contribution in [0.25, 0.3) is 0 Å². The summed E-state index contributed by atoms with van der Waals surface area (Å²) in [6.45, 7) is 4.18. The van der Waals surface area contributed by atoms with Crippen LogP contribution < -0.4 is 5.32 Å². The Morgan fingerprint density at radius 1 is 1.47 bits per heavy atom. The minimum Gasteiger partial charge on any atom is -0.508 e. The number of phenols is 1. The number of aromatic amines is 1. The van der Waals surface area contributed by atoms with Crippen molar-refractivity contribution in [2.45, 2.75) is 32.4 Å². The zero-order chi connectivity index (χ0) is 13.8. The Balaban J connectivity index is 2.18. The number of rotatable bonds is 5. The maximum absolute atomic E-state index is 10.0. The van der Waals surface area contributed by atoms with Gasteiger partial charge in [-0.25, -0.2) is 0 Å². The number of nitrogens with zero attached hydrogens (tertiary/aromatic N) is 1. The third kappa shape index (κ3) is 3.36. The van der Waals surface area contributed by atoms with Crippen LogP contribution in [0.5, 0.6) is 5.75 Å². The summed E-state index contributed by atoms with van der Waals surface area (Å²) in [6, 6.07) is 5.78. The Kier molecular flexibility index (Phi) is 4.61. The molecule has 0 saturated heterocycles. The molecule has 1 heterocycles. The number of benzene rings is 1. The van der Waals surface area contributed by atoms with E-state index < -0.39 is 0 Å². The van der Waals surface area contributed by atoms with E-state index in [4.69, 9.17) is 0 Å². The molecule has 0 fully saturated rings. The van der Waals surface area contributed by atoms with E-state index in [1.165, 1.54) is 0 Å². The third-order valence-corrected chi connectivity index (χ3v) is 3.74. The van der Waals surface area contributed by atoms with Gasteiger partial charge in [0, 0.05) is 33.9 Å². The van der Waals surface area contributed by atoms with Crippen molar-refractivity contribution in [3.05, 3.63) is 46.2 Å². The van der Waals surface area contributed by atoms with Crippen molar-refractivity contribution >= 4 is 15.9 Å². The Morgan fingerprint density at radius 3 is 2.89 bits per heavy atom. The van der Waals surface area contributed by atoms with Gasteiger partial charge in [-0.1, -0.05) is 22.9 Å². The van der Waals surface area contributed by atoms with Gasteiger partial charge in [-0.05, 0) is 31.5 Å². The first kappa shape index (κ1) is 14.1. The van der Waals surface area contributed by atoms with Gasteiger partial charge in [0.2, 0.25) is 0 Å². The predicted octanol–water partition coefficient (Wildman–Crippen LogP) is 3.68. The number of aromatic hydroxyl groups is 1. The Morgan fingerprint density at radius 2 is 2.26 bits per heavy atom. The lowest BCUT2D eigenvalue weighted by Gasteiger charge is -2.23. The number of nitrogens with one attached hydrogen (secondary N) is 2. The lowest BCUT2D eigenvalue weighted by Crippen LogP contribution is -2.24. The fraction of sp³-hybridized carbons (Fsp3) is 0.357. The minimum absolute atomic E-state index is 0.0994. The van der Waals surface area contributed by atoms with E-state index in [1.54, 1.807) is 6.07 Å². The molecule has 3 N–H and O–H groups in total. The van der Waals surface area contributed by atoms with Crippen LogP contribution in [0.2, 0.25) is 0 Å². The van der Waals surface area contributed by atoms with Crippen molar-refractivity contribution in [1.82, 2.24) is 15.5 Å². The third-order valence-electron chi connectivity index (χ3n) is 3.24. The molecule has 2 aromatic rings. The first-order chi connectivity index (χ1) is 9.11. The van der Waals surface area contributed by atoms with Crippen LogP contribution in [-0.4, -0.2) is 15.3 Å². The highest BCUT2D eigenvalue weighted by Crippen LogP contribution is 2.31. The van der Waals surface area contributed by atoms with Gasteiger partial charge >= 0.3 is 0 Å². The van der Waals surface area contributed by atoms with E-state index in [0.29, 0.717) is 5.75 Å². The molecule has 0 spiro atoms. The highest BCUT2D eigenvalue weighted by molar-refractivity contribution is 9.10. The molecule has 19 heavy (non-hydrogen) atoms. The van der Waals surface area contributed by atoms with Crippen LogP contribution in [-0.2, 0) is 0 Å². The van der Waals surface area contributed by atoms with Gasteiger partial charge in [0.25, 0.3) is 0 Å². The highest BCUT2D eigenvalue weighted by Gasteiger charge is 2.17. The molecule has 2 atom stereocenters. The molecule has 0 saturated carbocycles.